The average molecular weight is 368 g/mol. The number of aliphatic hydroxyl groups is 1. The monoisotopic (exact) mass is 367 g/mol. The molecule has 2 N–H and O–H groups in total. The van der Waals surface area contributed by atoms with E-state index in [-0.39, 0.29) is 12.3 Å². The fourth-order valence-corrected chi connectivity index (χ4v) is 4.46. The molecule has 0 aliphatic carbocycles. The molecule has 0 aliphatic heterocycles. The van der Waals surface area contributed by atoms with E-state index in [0.717, 1.165) is 11.1 Å². The van der Waals surface area contributed by atoms with Gasteiger partial charge < -0.3 is 10.00 Å². The van der Waals surface area contributed by atoms with Gasteiger partial charge in [-0.3, -0.25) is 9.46 Å². The van der Waals surface area contributed by atoms with Gasteiger partial charge in [0.05, 0.1) is 12.3 Å². The van der Waals surface area contributed by atoms with Crippen molar-refractivity contribution in [2.24, 2.45) is 0 Å². The Labute approximate surface area is 148 Å². The van der Waals surface area contributed by atoms with E-state index in [0.29, 0.717) is 18.1 Å². The quantitative estimate of drug-likeness (QED) is 0.700. The summed E-state index contributed by atoms with van der Waals surface area (Å²) in [7, 11) is -1.54. The lowest BCUT2D eigenvalue weighted by Gasteiger charge is -2.22. The molecule has 130 valence electrons. The van der Waals surface area contributed by atoms with Gasteiger partial charge in [-0.05, 0) is 30.3 Å². The molecule has 0 saturated carbocycles. The third kappa shape index (κ3) is 6.76. The van der Waals surface area contributed by atoms with Gasteiger partial charge in [0.15, 0.2) is 0 Å². The number of hydrogen-bond donors (Lipinski definition) is 2. The SMILES string of the molecule is CN(Cc1ccc(Cl)cc1)CC(O)CP(=O)(O)Cc1ccccc1. The van der Waals surface area contributed by atoms with Crippen molar-refractivity contribution < 1.29 is 14.6 Å². The van der Waals surface area contributed by atoms with Gasteiger partial charge in [0.1, 0.15) is 0 Å². The van der Waals surface area contributed by atoms with Crippen LogP contribution in [0, 0.1) is 0 Å². The zero-order valence-corrected chi connectivity index (χ0v) is 15.3. The Morgan fingerprint density at radius 3 is 2.33 bits per heavy atom. The highest BCUT2D eigenvalue weighted by Gasteiger charge is 2.24. The molecule has 0 heterocycles. The smallest absolute Gasteiger partial charge is 0.207 e. The fourth-order valence-electron chi connectivity index (χ4n) is 2.65. The Morgan fingerprint density at radius 1 is 1.08 bits per heavy atom. The van der Waals surface area contributed by atoms with Crippen LogP contribution in [0.5, 0.6) is 0 Å². The second-order valence-electron chi connectivity index (χ2n) is 6.15. The summed E-state index contributed by atoms with van der Waals surface area (Å²) in [6.07, 6.45) is -0.861. The second kappa shape index (κ2) is 8.80. The molecule has 0 aliphatic rings. The average Bonchev–Trinajstić information content (AvgIpc) is 2.49. The Morgan fingerprint density at radius 2 is 1.71 bits per heavy atom. The first-order valence-corrected chi connectivity index (χ1v) is 10.2. The van der Waals surface area contributed by atoms with Crippen molar-refractivity contribution in [3.05, 3.63) is 70.7 Å². The predicted molar refractivity (Wildman–Crippen MR) is 98.6 cm³/mol. The Kier molecular flexibility index (Phi) is 7.02. The number of rotatable bonds is 8. The Balaban J connectivity index is 1.83. The summed E-state index contributed by atoms with van der Waals surface area (Å²) in [6, 6.07) is 16.7. The van der Waals surface area contributed by atoms with Gasteiger partial charge in [0.2, 0.25) is 7.37 Å². The van der Waals surface area contributed by atoms with E-state index in [2.05, 4.69) is 0 Å². The van der Waals surface area contributed by atoms with E-state index in [9.17, 15) is 14.6 Å². The fraction of sp³-hybridized carbons (Fsp3) is 0.333. The Bertz CT molecular complexity index is 678. The van der Waals surface area contributed by atoms with Crippen molar-refractivity contribution in [2.75, 3.05) is 19.8 Å². The van der Waals surface area contributed by atoms with E-state index in [1.165, 1.54) is 0 Å². The molecule has 2 aromatic carbocycles. The third-order valence-electron chi connectivity index (χ3n) is 3.66. The number of likely N-dealkylation sites (N-methyl/N-ethyl adjacent to an activating group) is 1. The minimum absolute atomic E-state index is 0.0891. The number of nitrogens with zero attached hydrogens (tertiary/aromatic N) is 1. The van der Waals surface area contributed by atoms with Gasteiger partial charge in [-0.1, -0.05) is 54.1 Å². The first-order chi connectivity index (χ1) is 11.3. The van der Waals surface area contributed by atoms with E-state index >= 15 is 0 Å². The summed E-state index contributed by atoms with van der Waals surface area (Å²) in [5.41, 5.74) is 1.88. The molecule has 2 atom stereocenters. The molecular weight excluding hydrogens is 345 g/mol. The molecule has 2 unspecified atom stereocenters. The lowest BCUT2D eigenvalue weighted by Crippen LogP contribution is -2.31. The molecule has 6 heteroatoms. The van der Waals surface area contributed by atoms with Crippen LogP contribution in [0.15, 0.2) is 54.6 Å². The molecule has 0 saturated heterocycles. The third-order valence-corrected chi connectivity index (χ3v) is 5.76. The minimum atomic E-state index is -3.41. The van der Waals surface area contributed by atoms with Crippen LogP contribution < -0.4 is 0 Å². The van der Waals surface area contributed by atoms with Gasteiger partial charge >= 0.3 is 0 Å². The first-order valence-electron chi connectivity index (χ1n) is 7.80. The first kappa shape index (κ1) is 19.2. The van der Waals surface area contributed by atoms with Crippen molar-refractivity contribution >= 4 is 19.0 Å². The maximum absolute atomic E-state index is 12.3. The molecule has 24 heavy (non-hydrogen) atoms. The van der Waals surface area contributed by atoms with E-state index < -0.39 is 13.5 Å². The van der Waals surface area contributed by atoms with Crippen molar-refractivity contribution in [1.82, 2.24) is 4.90 Å². The van der Waals surface area contributed by atoms with Crippen molar-refractivity contribution in [1.29, 1.82) is 0 Å². The number of aliphatic hydroxyl groups excluding tert-OH is 1. The summed E-state index contributed by atoms with van der Waals surface area (Å²) in [6.45, 7) is 0.977. The summed E-state index contributed by atoms with van der Waals surface area (Å²) >= 11 is 5.86. The van der Waals surface area contributed by atoms with Crippen LogP contribution in [0.25, 0.3) is 0 Å². The van der Waals surface area contributed by atoms with Gasteiger partial charge in [0.25, 0.3) is 0 Å². The maximum Gasteiger partial charge on any atom is 0.207 e. The summed E-state index contributed by atoms with van der Waals surface area (Å²) < 4.78 is 12.3. The molecular formula is C18H23ClNO3P. The normalized spacial score (nSPS) is 15.2. The molecule has 2 rings (SSSR count). The number of benzene rings is 2. The molecule has 0 fully saturated rings. The van der Waals surface area contributed by atoms with Gasteiger partial charge in [0, 0.05) is 24.3 Å². The lowest BCUT2D eigenvalue weighted by molar-refractivity contribution is 0.138. The molecule has 0 spiro atoms. The predicted octanol–water partition coefficient (Wildman–Crippen LogP) is 3.60. The van der Waals surface area contributed by atoms with Crippen LogP contribution in [0.3, 0.4) is 0 Å². The highest BCUT2D eigenvalue weighted by atomic mass is 35.5. The standard InChI is InChI=1S/C18H23ClNO3P/c1-20(11-15-7-9-17(19)10-8-15)12-18(21)14-24(22,23)13-16-5-3-2-4-6-16/h2-10,18,21H,11-14H2,1H3,(H,22,23). The van der Waals surface area contributed by atoms with Crippen LogP contribution in [-0.2, 0) is 17.3 Å². The van der Waals surface area contributed by atoms with Crippen LogP contribution >= 0.6 is 19.0 Å². The topological polar surface area (TPSA) is 60.8 Å². The summed E-state index contributed by atoms with van der Waals surface area (Å²) in [5, 5.41) is 10.8. The van der Waals surface area contributed by atoms with E-state index in [1.807, 2.05) is 66.5 Å². The zero-order valence-electron chi connectivity index (χ0n) is 13.7. The van der Waals surface area contributed by atoms with Crippen molar-refractivity contribution in [2.45, 2.75) is 18.8 Å². The maximum atomic E-state index is 12.3. The molecule has 2 aromatic rings. The zero-order chi connectivity index (χ0) is 17.6. The van der Waals surface area contributed by atoms with Crippen LogP contribution in [0.1, 0.15) is 11.1 Å². The molecule has 0 bridgehead atoms. The van der Waals surface area contributed by atoms with Crippen LogP contribution in [0.4, 0.5) is 0 Å². The van der Waals surface area contributed by atoms with Crippen molar-refractivity contribution in [3.63, 3.8) is 0 Å². The minimum Gasteiger partial charge on any atom is -0.391 e. The summed E-state index contributed by atoms with van der Waals surface area (Å²) in [5.74, 6) is 0. The molecule has 0 radical (unpaired) electrons. The van der Waals surface area contributed by atoms with Gasteiger partial charge in [-0.15, -0.1) is 0 Å². The van der Waals surface area contributed by atoms with Gasteiger partial charge in [-0.2, -0.15) is 0 Å². The second-order valence-corrected chi connectivity index (χ2v) is 8.96. The molecule has 4 nitrogen and oxygen atoms in total. The number of hydrogen-bond acceptors (Lipinski definition) is 3. The van der Waals surface area contributed by atoms with Gasteiger partial charge in [-0.25, -0.2) is 0 Å². The molecule has 0 aromatic heterocycles. The highest BCUT2D eigenvalue weighted by molar-refractivity contribution is 7.57. The van der Waals surface area contributed by atoms with Crippen LogP contribution in [-0.4, -0.2) is 40.8 Å². The van der Waals surface area contributed by atoms with E-state index in [4.69, 9.17) is 11.6 Å². The largest absolute Gasteiger partial charge is 0.391 e. The highest BCUT2D eigenvalue weighted by Crippen LogP contribution is 2.44. The van der Waals surface area contributed by atoms with Crippen LogP contribution in [0.2, 0.25) is 5.02 Å². The lowest BCUT2D eigenvalue weighted by atomic mass is 10.2. The number of halogens is 1. The van der Waals surface area contributed by atoms with E-state index in [1.54, 1.807) is 0 Å². The Hall–Kier alpha value is -1.16. The van der Waals surface area contributed by atoms with Crippen molar-refractivity contribution in [3.8, 4) is 0 Å². The summed E-state index contributed by atoms with van der Waals surface area (Å²) in [4.78, 5) is 12.1. The molecule has 0 amide bonds.